The average molecular weight is 383 g/mol. The van der Waals surface area contributed by atoms with Gasteiger partial charge in [0.05, 0.1) is 12.3 Å². The van der Waals surface area contributed by atoms with Crippen LogP contribution in [0.2, 0.25) is 0 Å². The van der Waals surface area contributed by atoms with Gasteiger partial charge in [-0.15, -0.1) is 0 Å². The summed E-state index contributed by atoms with van der Waals surface area (Å²) in [6.45, 7) is 8.71. The molecule has 28 heavy (non-hydrogen) atoms. The van der Waals surface area contributed by atoms with Crippen LogP contribution in [0.25, 0.3) is 0 Å². The summed E-state index contributed by atoms with van der Waals surface area (Å²) in [7, 11) is 0. The van der Waals surface area contributed by atoms with Crippen molar-refractivity contribution in [3.8, 4) is 17.2 Å². The third-order valence-electron chi connectivity index (χ3n) is 4.99. The zero-order valence-corrected chi connectivity index (χ0v) is 17.1. The molecule has 3 rings (SSSR count). The normalized spacial score (nSPS) is 16.1. The molecule has 0 radical (unpaired) electrons. The minimum absolute atomic E-state index is 0.0621. The number of amides is 1. The van der Waals surface area contributed by atoms with E-state index in [4.69, 9.17) is 14.2 Å². The first kappa shape index (κ1) is 20.1. The first-order chi connectivity index (χ1) is 13.5. The van der Waals surface area contributed by atoms with Gasteiger partial charge in [0.15, 0.2) is 6.61 Å². The van der Waals surface area contributed by atoms with Crippen molar-refractivity contribution in [3.63, 3.8) is 0 Å². The van der Waals surface area contributed by atoms with E-state index in [1.54, 1.807) is 0 Å². The zero-order chi connectivity index (χ0) is 20.1. The molecule has 0 fully saturated rings. The van der Waals surface area contributed by atoms with Crippen molar-refractivity contribution in [2.45, 2.75) is 52.6 Å². The Labute approximate surface area is 167 Å². The Morgan fingerprint density at radius 3 is 2.75 bits per heavy atom. The molecule has 1 aliphatic heterocycles. The number of carbonyl (C=O) groups excluding carboxylic acids is 1. The molecule has 150 valence electrons. The first-order valence-electron chi connectivity index (χ1n) is 9.99. The van der Waals surface area contributed by atoms with Gasteiger partial charge in [-0.3, -0.25) is 4.79 Å². The van der Waals surface area contributed by atoms with Crippen molar-refractivity contribution in [1.29, 1.82) is 0 Å². The van der Waals surface area contributed by atoms with Crippen LogP contribution in [0.4, 0.5) is 5.69 Å². The number of ether oxygens (including phenoxy) is 3. The Morgan fingerprint density at radius 2 is 2.00 bits per heavy atom. The van der Waals surface area contributed by atoms with Crippen LogP contribution in [0.1, 0.15) is 51.2 Å². The highest BCUT2D eigenvalue weighted by molar-refractivity contribution is 5.93. The van der Waals surface area contributed by atoms with Crippen molar-refractivity contribution in [2.75, 3.05) is 18.5 Å². The summed E-state index contributed by atoms with van der Waals surface area (Å²) in [5, 5.41) is 2.90. The molecule has 0 aromatic heterocycles. The fourth-order valence-corrected chi connectivity index (χ4v) is 3.38. The second kappa shape index (κ2) is 9.00. The summed E-state index contributed by atoms with van der Waals surface area (Å²) < 4.78 is 17.3. The van der Waals surface area contributed by atoms with Crippen LogP contribution in [0.5, 0.6) is 17.2 Å². The minimum Gasteiger partial charge on any atom is -0.492 e. The number of carbonyl (C=O) groups is 1. The predicted octanol–water partition coefficient (Wildman–Crippen LogP) is 4.94. The molecule has 1 N–H and O–H groups in total. The summed E-state index contributed by atoms with van der Waals surface area (Å²) in [6.07, 6.45) is 1.99. The maximum absolute atomic E-state index is 12.5. The van der Waals surface area contributed by atoms with Crippen LogP contribution >= 0.6 is 0 Å². The monoisotopic (exact) mass is 383 g/mol. The van der Waals surface area contributed by atoms with Gasteiger partial charge in [0.25, 0.3) is 5.91 Å². The maximum Gasteiger partial charge on any atom is 0.262 e. The smallest absolute Gasteiger partial charge is 0.262 e. The Kier molecular flexibility index (Phi) is 6.45. The summed E-state index contributed by atoms with van der Waals surface area (Å²) in [5.74, 6) is 2.36. The van der Waals surface area contributed by atoms with Crippen LogP contribution in [0.3, 0.4) is 0 Å². The van der Waals surface area contributed by atoms with Gasteiger partial charge in [-0.1, -0.05) is 32.0 Å². The summed E-state index contributed by atoms with van der Waals surface area (Å²) in [5.41, 5.74) is 2.83. The van der Waals surface area contributed by atoms with Gasteiger partial charge in [0, 0.05) is 18.1 Å². The van der Waals surface area contributed by atoms with E-state index in [2.05, 4.69) is 19.2 Å². The zero-order valence-electron chi connectivity index (χ0n) is 17.1. The van der Waals surface area contributed by atoms with E-state index in [0.717, 1.165) is 35.5 Å². The Balaban J connectivity index is 1.70. The van der Waals surface area contributed by atoms with Gasteiger partial charge in [0.1, 0.15) is 23.4 Å². The Hall–Kier alpha value is -2.69. The fraction of sp³-hybridized carbons (Fsp3) is 0.435. The lowest BCUT2D eigenvalue weighted by molar-refractivity contribution is -0.118. The number of fused-ring (bicyclic) bond motifs is 1. The van der Waals surface area contributed by atoms with E-state index in [-0.39, 0.29) is 18.6 Å². The lowest BCUT2D eigenvalue weighted by Gasteiger charge is -2.16. The molecular weight excluding hydrogens is 354 g/mol. The van der Waals surface area contributed by atoms with Crippen LogP contribution in [0.15, 0.2) is 36.4 Å². The lowest BCUT2D eigenvalue weighted by atomic mass is 9.98. The minimum atomic E-state index is -0.231. The van der Waals surface area contributed by atoms with E-state index in [1.807, 2.05) is 50.2 Å². The SMILES string of the molecule is CCOc1cc2c(cc1NC(=O)COc1ccccc1C(C)CC)OC(C)C2. The van der Waals surface area contributed by atoms with E-state index in [9.17, 15) is 4.79 Å². The van der Waals surface area contributed by atoms with E-state index in [1.165, 1.54) is 0 Å². The molecule has 0 saturated carbocycles. The van der Waals surface area contributed by atoms with Crippen LogP contribution in [-0.4, -0.2) is 25.2 Å². The van der Waals surface area contributed by atoms with Crippen LogP contribution in [0, 0.1) is 0 Å². The van der Waals surface area contributed by atoms with Gasteiger partial charge in [0.2, 0.25) is 0 Å². The molecule has 5 nitrogen and oxygen atoms in total. The molecule has 2 atom stereocenters. The maximum atomic E-state index is 12.5. The van der Waals surface area contributed by atoms with Crippen molar-refractivity contribution in [2.24, 2.45) is 0 Å². The quantitative estimate of drug-likeness (QED) is 0.701. The van der Waals surface area contributed by atoms with Gasteiger partial charge in [-0.25, -0.2) is 0 Å². The molecule has 2 aromatic rings. The molecule has 0 bridgehead atoms. The van der Waals surface area contributed by atoms with E-state index < -0.39 is 0 Å². The number of nitrogens with one attached hydrogen (secondary N) is 1. The largest absolute Gasteiger partial charge is 0.492 e. The molecule has 1 amide bonds. The van der Waals surface area contributed by atoms with Gasteiger partial charge >= 0.3 is 0 Å². The molecule has 2 aromatic carbocycles. The van der Waals surface area contributed by atoms with E-state index in [0.29, 0.717) is 24.0 Å². The number of anilines is 1. The van der Waals surface area contributed by atoms with Gasteiger partial charge in [-0.05, 0) is 43.9 Å². The number of benzene rings is 2. The van der Waals surface area contributed by atoms with Crippen molar-refractivity contribution >= 4 is 11.6 Å². The number of rotatable bonds is 8. The molecular formula is C23H29NO4. The average Bonchev–Trinajstić information content (AvgIpc) is 3.05. The Bertz CT molecular complexity index is 833. The van der Waals surface area contributed by atoms with Gasteiger partial charge < -0.3 is 19.5 Å². The number of hydrogen-bond donors (Lipinski definition) is 1. The molecule has 2 unspecified atom stereocenters. The van der Waals surface area contributed by atoms with Crippen molar-refractivity contribution in [1.82, 2.24) is 0 Å². The Morgan fingerprint density at radius 1 is 1.21 bits per heavy atom. The third-order valence-corrected chi connectivity index (χ3v) is 4.99. The first-order valence-corrected chi connectivity index (χ1v) is 9.99. The van der Waals surface area contributed by atoms with Crippen LogP contribution < -0.4 is 19.5 Å². The summed E-state index contributed by atoms with van der Waals surface area (Å²) >= 11 is 0. The van der Waals surface area contributed by atoms with Crippen LogP contribution in [-0.2, 0) is 11.2 Å². The predicted molar refractivity (Wildman–Crippen MR) is 111 cm³/mol. The summed E-state index contributed by atoms with van der Waals surface area (Å²) in [4.78, 5) is 12.5. The molecule has 1 heterocycles. The lowest BCUT2D eigenvalue weighted by Crippen LogP contribution is -2.21. The second-order valence-electron chi connectivity index (χ2n) is 7.21. The third kappa shape index (κ3) is 4.58. The molecule has 1 aliphatic rings. The fourth-order valence-electron chi connectivity index (χ4n) is 3.38. The van der Waals surface area contributed by atoms with Crippen molar-refractivity contribution < 1.29 is 19.0 Å². The topological polar surface area (TPSA) is 56.8 Å². The highest BCUT2D eigenvalue weighted by Crippen LogP contribution is 2.38. The standard InChI is InChI=1S/C23H29NO4/c1-5-15(3)18-9-7-8-10-20(18)27-14-23(25)24-19-13-21-17(11-16(4)28-21)12-22(19)26-6-2/h7-10,12-13,15-16H,5-6,11,14H2,1-4H3,(H,24,25). The highest BCUT2D eigenvalue weighted by Gasteiger charge is 2.22. The van der Waals surface area contributed by atoms with E-state index >= 15 is 0 Å². The second-order valence-corrected chi connectivity index (χ2v) is 7.21. The van der Waals surface area contributed by atoms with Crippen molar-refractivity contribution in [3.05, 3.63) is 47.5 Å². The highest BCUT2D eigenvalue weighted by atomic mass is 16.5. The molecule has 0 saturated heterocycles. The molecule has 0 aliphatic carbocycles. The molecule has 5 heteroatoms. The summed E-state index contributed by atoms with van der Waals surface area (Å²) in [6, 6.07) is 11.7. The van der Waals surface area contributed by atoms with Gasteiger partial charge in [-0.2, -0.15) is 0 Å². The molecule has 0 spiro atoms. The number of para-hydroxylation sites is 1. The number of hydrogen-bond acceptors (Lipinski definition) is 4.